The van der Waals surface area contributed by atoms with Gasteiger partial charge in [0.2, 0.25) is 0 Å². The fourth-order valence-electron chi connectivity index (χ4n) is 3.07. The van der Waals surface area contributed by atoms with E-state index >= 15 is 0 Å². The number of thiazole rings is 1. The Morgan fingerprint density at radius 1 is 1.39 bits per heavy atom. The summed E-state index contributed by atoms with van der Waals surface area (Å²) in [4.78, 5) is 18.9. The smallest absolute Gasteiger partial charge is 0.254 e. The number of nitrogens with zero attached hydrogens (tertiary/aromatic N) is 2. The number of hydrogen-bond donors (Lipinski definition) is 0. The average Bonchev–Trinajstić information content (AvgIpc) is 2.99. The third kappa shape index (κ3) is 3.90. The molecule has 1 aliphatic rings. The highest BCUT2D eigenvalue weighted by atomic mass is 32.2. The molecule has 0 radical (unpaired) electrons. The van der Waals surface area contributed by atoms with Crippen molar-refractivity contribution in [3.8, 4) is 0 Å². The van der Waals surface area contributed by atoms with Gasteiger partial charge in [-0.3, -0.25) is 4.79 Å². The molecular weight excluding hydrogens is 332 g/mol. The molecular formula is C16H20N2O3S2. The van der Waals surface area contributed by atoms with Crippen molar-refractivity contribution in [3.05, 3.63) is 29.3 Å². The van der Waals surface area contributed by atoms with E-state index in [1.54, 1.807) is 5.51 Å². The van der Waals surface area contributed by atoms with Crippen molar-refractivity contribution in [2.45, 2.75) is 31.7 Å². The van der Waals surface area contributed by atoms with E-state index in [1.165, 1.54) is 17.6 Å². The standard InChI is InChI=1S/C16H20N2O3S2/c1-23(20,21)9-7-13-4-2-3-8-18(13)16(19)12-5-6-14-15(10-12)22-11-17-14/h5-6,10-11,13H,2-4,7-9H2,1H3/t13-/m0/s1. The average molecular weight is 352 g/mol. The van der Waals surface area contributed by atoms with E-state index in [1.807, 2.05) is 23.1 Å². The number of piperidine rings is 1. The van der Waals surface area contributed by atoms with Crippen LogP contribution in [0.4, 0.5) is 0 Å². The molecule has 3 rings (SSSR count). The van der Waals surface area contributed by atoms with Gasteiger partial charge in [-0.15, -0.1) is 11.3 Å². The second kappa shape index (κ2) is 6.57. The van der Waals surface area contributed by atoms with Crippen LogP contribution < -0.4 is 0 Å². The third-order valence-electron chi connectivity index (χ3n) is 4.29. The number of carbonyl (C=O) groups is 1. The van der Waals surface area contributed by atoms with Crippen molar-refractivity contribution in [2.24, 2.45) is 0 Å². The van der Waals surface area contributed by atoms with Gasteiger partial charge in [0.25, 0.3) is 5.91 Å². The fraction of sp³-hybridized carbons (Fsp3) is 0.500. The normalized spacial score (nSPS) is 19.2. The molecule has 7 heteroatoms. The van der Waals surface area contributed by atoms with E-state index in [0.29, 0.717) is 18.5 Å². The highest BCUT2D eigenvalue weighted by Gasteiger charge is 2.28. The van der Waals surface area contributed by atoms with Gasteiger partial charge in [-0.1, -0.05) is 0 Å². The van der Waals surface area contributed by atoms with Gasteiger partial charge >= 0.3 is 0 Å². The van der Waals surface area contributed by atoms with Crippen molar-refractivity contribution in [1.29, 1.82) is 0 Å². The SMILES string of the molecule is CS(=O)(=O)CC[C@@H]1CCCCN1C(=O)c1ccc2ncsc2c1. The van der Waals surface area contributed by atoms with Crippen molar-refractivity contribution < 1.29 is 13.2 Å². The zero-order chi connectivity index (χ0) is 16.4. The summed E-state index contributed by atoms with van der Waals surface area (Å²) in [5.74, 6) is 0.133. The molecule has 1 aliphatic heterocycles. The first kappa shape index (κ1) is 16.4. The molecule has 1 fully saturated rings. The van der Waals surface area contributed by atoms with E-state index in [0.717, 1.165) is 29.5 Å². The molecule has 124 valence electrons. The molecule has 0 aliphatic carbocycles. The second-order valence-corrected chi connectivity index (χ2v) is 9.25. The number of carbonyl (C=O) groups excluding carboxylic acids is 1. The maximum atomic E-state index is 12.9. The predicted octanol–water partition coefficient (Wildman–Crippen LogP) is 2.73. The molecule has 1 aromatic heterocycles. The van der Waals surface area contributed by atoms with Crippen LogP contribution in [0.25, 0.3) is 10.2 Å². The lowest BCUT2D eigenvalue weighted by molar-refractivity contribution is 0.0609. The van der Waals surface area contributed by atoms with Crippen LogP contribution in [0.5, 0.6) is 0 Å². The van der Waals surface area contributed by atoms with Gasteiger partial charge < -0.3 is 4.90 Å². The van der Waals surface area contributed by atoms with Crippen LogP contribution in [-0.4, -0.2) is 48.8 Å². The Bertz CT molecular complexity index is 814. The van der Waals surface area contributed by atoms with E-state index in [-0.39, 0.29) is 17.7 Å². The molecule has 2 heterocycles. The van der Waals surface area contributed by atoms with E-state index in [4.69, 9.17) is 0 Å². The minimum absolute atomic E-state index is 0.00139. The molecule has 1 amide bonds. The van der Waals surface area contributed by atoms with Crippen LogP contribution in [0.15, 0.2) is 23.7 Å². The second-order valence-electron chi connectivity index (χ2n) is 6.10. The van der Waals surface area contributed by atoms with Crippen LogP contribution in [0.1, 0.15) is 36.0 Å². The van der Waals surface area contributed by atoms with Gasteiger partial charge in [0.05, 0.1) is 21.5 Å². The zero-order valence-corrected chi connectivity index (χ0v) is 14.7. The van der Waals surface area contributed by atoms with Crippen molar-refractivity contribution in [1.82, 2.24) is 9.88 Å². The number of sulfone groups is 1. The highest BCUT2D eigenvalue weighted by Crippen LogP contribution is 2.25. The molecule has 23 heavy (non-hydrogen) atoms. The van der Waals surface area contributed by atoms with Crippen LogP contribution in [0.2, 0.25) is 0 Å². The van der Waals surface area contributed by atoms with Crippen molar-refractivity contribution in [2.75, 3.05) is 18.6 Å². The number of benzene rings is 1. The topological polar surface area (TPSA) is 67.3 Å². The quantitative estimate of drug-likeness (QED) is 0.848. The minimum atomic E-state index is -3.00. The Morgan fingerprint density at radius 3 is 3.00 bits per heavy atom. The van der Waals surface area contributed by atoms with Gasteiger partial charge in [-0.05, 0) is 43.9 Å². The van der Waals surface area contributed by atoms with Gasteiger partial charge in [0, 0.05) is 24.4 Å². The minimum Gasteiger partial charge on any atom is -0.336 e. The zero-order valence-electron chi connectivity index (χ0n) is 13.1. The summed E-state index contributed by atoms with van der Waals surface area (Å²) in [6.45, 7) is 0.702. The molecule has 0 unspecified atom stereocenters. The lowest BCUT2D eigenvalue weighted by Crippen LogP contribution is -2.44. The van der Waals surface area contributed by atoms with Crippen LogP contribution in [-0.2, 0) is 9.84 Å². The number of likely N-dealkylation sites (tertiary alicyclic amines) is 1. The monoisotopic (exact) mass is 352 g/mol. The Labute approximate surface area is 140 Å². The lowest BCUT2D eigenvalue weighted by atomic mass is 9.99. The number of rotatable bonds is 4. The molecule has 1 saturated heterocycles. The lowest BCUT2D eigenvalue weighted by Gasteiger charge is -2.36. The first-order valence-corrected chi connectivity index (χ1v) is 10.7. The number of hydrogen-bond acceptors (Lipinski definition) is 5. The molecule has 0 N–H and O–H groups in total. The summed E-state index contributed by atoms with van der Waals surface area (Å²) in [5, 5.41) is 0. The molecule has 0 bridgehead atoms. The van der Waals surface area contributed by atoms with Gasteiger partial charge in [-0.25, -0.2) is 13.4 Å². The van der Waals surface area contributed by atoms with Crippen molar-refractivity contribution >= 4 is 37.3 Å². The van der Waals surface area contributed by atoms with E-state index < -0.39 is 9.84 Å². The first-order chi connectivity index (χ1) is 10.9. The van der Waals surface area contributed by atoms with E-state index in [9.17, 15) is 13.2 Å². The maximum absolute atomic E-state index is 12.9. The van der Waals surface area contributed by atoms with Crippen LogP contribution >= 0.6 is 11.3 Å². The summed E-state index contributed by atoms with van der Waals surface area (Å²) in [5.41, 5.74) is 3.33. The Morgan fingerprint density at radius 2 is 2.22 bits per heavy atom. The first-order valence-electron chi connectivity index (χ1n) is 7.76. The number of amides is 1. The predicted molar refractivity (Wildman–Crippen MR) is 92.6 cm³/mol. The summed E-state index contributed by atoms with van der Waals surface area (Å²) in [6, 6.07) is 5.58. The highest BCUT2D eigenvalue weighted by molar-refractivity contribution is 7.90. The summed E-state index contributed by atoms with van der Waals surface area (Å²) in [6.07, 6.45) is 4.67. The summed E-state index contributed by atoms with van der Waals surface area (Å²) in [7, 11) is -3.00. The van der Waals surface area contributed by atoms with E-state index in [2.05, 4.69) is 4.98 Å². The molecule has 0 saturated carbocycles. The Hall–Kier alpha value is -1.47. The molecule has 1 aromatic carbocycles. The van der Waals surface area contributed by atoms with Gasteiger partial charge in [-0.2, -0.15) is 0 Å². The molecule has 0 spiro atoms. The molecule has 1 atom stereocenters. The molecule has 2 aromatic rings. The van der Waals surface area contributed by atoms with Crippen LogP contribution in [0.3, 0.4) is 0 Å². The number of aromatic nitrogens is 1. The summed E-state index contributed by atoms with van der Waals surface area (Å²) < 4.78 is 23.9. The molecule has 5 nitrogen and oxygen atoms in total. The Balaban J connectivity index is 1.79. The largest absolute Gasteiger partial charge is 0.336 e. The van der Waals surface area contributed by atoms with Gasteiger partial charge in [0.1, 0.15) is 9.84 Å². The van der Waals surface area contributed by atoms with Crippen molar-refractivity contribution in [3.63, 3.8) is 0 Å². The Kier molecular flexibility index (Phi) is 4.68. The van der Waals surface area contributed by atoms with Crippen LogP contribution in [0, 0.1) is 0 Å². The summed E-state index contributed by atoms with van der Waals surface area (Å²) >= 11 is 1.52. The fourth-order valence-corrected chi connectivity index (χ4v) is 4.49. The maximum Gasteiger partial charge on any atom is 0.254 e. The number of fused-ring (bicyclic) bond motifs is 1. The van der Waals surface area contributed by atoms with Gasteiger partial charge in [0.15, 0.2) is 0 Å². The third-order valence-corrected chi connectivity index (χ3v) is 6.06.